The van der Waals surface area contributed by atoms with E-state index in [0.717, 1.165) is 41.8 Å². The van der Waals surface area contributed by atoms with E-state index in [0.29, 0.717) is 6.54 Å². The summed E-state index contributed by atoms with van der Waals surface area (Å²) >= 11 is 0. The topological polar surface area (TPSA) is 41.6 Å². The van der Waals surface area contributed by atoms with Crippen molar-refractivity contribution in [2.45, 2.75) is 58.7 Å². The van der Waals surface area contributed by atoms with Gasteiger partial charge in [-0.1, -0.05) is 50.6 Å². The molecule has 0 spiro atoms. The lowest BCUT2D eigenvalue weighted by Crippen LogP contribution is -2.56. The van der Waals surface area contributed by atoms with Crippen LogP contribution in [0.4, 0.5) is 5.69 Å². The van der Waals surface area contributed by atoms with Gasteiger partial charge in [-0.2, -0.15) is 0 Å². The number of ether oxygens (including phenoxy) is 1. The Labute approximate surface area is 162 Å². The van der Waals surface area contributed by atoms with Crippen molar-refractivity contribution in [1.82, 2.24) is 4.90 Å². The van der Waals surface area contributed by atoms with E-state index < -0.39 is 5.66 Å². The summed E-state index contributed by atoms with van der Waals surface area (Å²) in [6.45, 7) is 9.11. The average Bonchev–Trinajstić information content (AvgIpc) is 2.68. The number of nitrogens with one attached hydrogen (secondary N) is 1. The normalized spacial score (nSPS) is 20.0. The zero-order chi connectivity index (χ0) is 19.4. The first-order valence-corrected chi connectivity index (χ1v) is 9.96. The number of hydrogen-bond donors (Lipinski definition) is 1. The van der Waals surface area contributed by atoms with Gasteiger partial charge in [0, 0.05) is 17.8 Å². The second-order valence-electron chi connectivity index (χ2n) is 7.39. The molecule has 1 N–H and O–H groups in total. The van der Waals surface area contributed by atoms with Crippen LogP contribution in [0.5, 0.6) is 5.75 Å². The minimum atomic E-state index is -0.662. The Kier molecular flexibility index (Phi) is 5.73. The molecule has 27 heavy (non-hydrogen) atoms. The fourth-order valence-electron chi connectivity index (χ4n) is 3.58. The van der Waals surface area contributed by atoms with Gasteiger partial charge in [-0.15, -0.1) is 0 Å². The summed E-state index contributed by atoms with van der Waals surface area (Å²) in [5.74, 6) is 0.897. The van der Waals surface area contributed by atoms with Gasteiger partial charge in [0.25, 0.3) is 5.91 Å². The van der Waals surface area contributed by atoms with Crippen LogP contribution in [-0.4, -0.2) is 23.5 Å². The van der Waals surface area contributed by atoms with Crippen LogP contribution in [-0.2, 0) is 5.66 Å². The molecule has 2 aromatic carbocycles. The maximum Gasteiger partial charge on any atom is 0.258 e. The van der Waals surface area contributed by atoms with Crippen molar-refractivity contribution in [3.63, 3.8) is 0 Å². The summed E-state index contributed by atoms with van der Waals surface area (Å²) in [6, 6.07) is 15.8. The Hall–Kier alpha value is -2.49. The zero-order valence-corrected chi connectivity index (χ0v) is 16.8. The summed E-state index contributed by atoms with van der Waals surface area (Å²) in [4.78, 5) is 15.3. The SMILES string of the molecule is CCCCN1C(=O)c2ccccc2NC1(C)c1ccccc1OC(C)CC. The number of benzene rings is 2. The van der Waals surface area contributed by atoms with E-state index in [1.54, 1.807) is 0 Å². The molecule has 3 rings (SSSR count). The van der Waals surface area contributed by atoms with Crippen LogP contribution in [0.2, 0.25) is 0 Å². The number of rotatable bonds is 7. The van der Waals surface area contributed by atoms with E-state index in [-0.39, 0.29) is 12.0 Å². The number of unbranched alkanes of at least 4 members (excludes halogenated alkanes) is 1. The van der Waals surface area contributed by atoms with E-state index in [1.165, 1.54) is 0 Å². The minimum Gasteiger partial charge on any atom is -0.490 e. The van der Waals surface area contributed by atoms with Gasteiger partial charge in [0.15, 0.2) is 0 Å². The molecule has 1 amide bonds. The number of carbonyl (C=O) groups excluding carboxylic acids is 1. The maximum atomic E-state index is 13.3. The van der Waals surface area contributed by atoms with Crippen LogP contribution < -0.4 is 10.1 Å². The van der Waals surface area contributed by atoms with E-state index in [9.17, 15) is 4.79 Å². The van der Waals surface area contributed by atoms with Crippen molar-refractivity contribution in [3.05, 3.63) is 59.7 Å². The maximum absolute atomic E-state index is 13.3. The monoisotopic (exact) mass is 366 g/mol. The van der Waals surface area contributed by atoms with E-state index >= 15 is 0 Å². The Bertz CT molecular complexity index is 804. The summed E-state index contributed by atoms with van der Waals surface area (Å²) < 4.78 is 6.21. The third kappa shape index (κ3) is 3.66. The Morgan fingerprint density at radius 2 is 1.81 bits per heavy atom. The molecule has 0 saturated heterocycles. The molecule has 1 aliphatic rings. The number of amides is 1. The van der Waals surface area contributed by atoms with Crippen LogP contribution in [0.1, 0.15) is 62.9 Å². The highest BCUT2D eigenvalue weighted by Gasteiger charge is 2.43. The van der Waals surface area contributed by atoms with Crippen molar-refractivity contribution >= 4 is 11.6 Å². The summed E-state index contributed by atoms with van der Waals surface area (Å²) in [6.07, 6.45) is 3.04. The number of fused-ring (bicyclic) bond motifs is 1. The van der Waals surface area contributed by atoms with Gasteiger partial charge in [-0.05, 0) is 44.9 Å². The first-order chi connectivity index (χ1) is 13.0. The van der Waals surface area contributed by atoms with Gasteiger partial charge in [0.2, 0.25) is 0 Å². The smallest absolute Gasteiger partial charge is 0.258 e. The lowest BCUT2D eigenvalue weighted by molar-refractivity contribution is 0.0522. The molecule has 0 saturated carbocycles. The molecule has 1 aliphatic heterocycles. The summed E-state index contributed by atoms with van der Waals surface area (Å²) in [5, 5.41) is 3.64. The highest BCUT2D eigenvalue weighted by atomic mass is 16.5. The fourth-order valence-corrected chi connectivity index (χ4v) is 3.58. The van der Waals surface area contributed by atoms with E-state index in [4.69, 9.17) is 4.74 Å². The van der Waals surface area contributed by atoms with Crippen molar-refractivity contribution in [3.8, 4) is 5.75 Å². The van der Waals surface area contributed by atoms with Crippen molar-refractivity contribution < 1.29 is 9.53 Å². The fraction of sp³-hybridized carbons (Fsp3) is 0.435. The number of hydrogen-bond acceptors (Lipinski definition) is 3. The molecule has 0 fully saturated rings. The molecular weight excluding hydrogens is 336 g/mol. The molecule has 0 radical (unpaired) electrons. The lowest BCUT2D eigenvalue weighted by atomic mass is 9.92. The summed E-state index contributed by atoms with van der Waals surface area (Å²) in [5.41, 5.74) is 1.93. The Morgan fingerprint density at radius 1 is 1.11 bits per heavy atom. The van der Waals surface area contributed by atoms with Gasteiger partial charge in [-0.3, -0.25) is 4.79 Å². The second-order valence-corrected chi connectivity index (χ2v) is 7.39. The van der Waals surface area contributed by atoms with Gasteiger partial charge in [-0.25, -0.2) is 0 Å². The Balaban J connectivity index is 2.09. The second kappa shape index (κ2) is 8.03. The number of para-hydroxylation sites is 2. The molecule has 0 bridgehead atoms. The molecule has 4 nitrogen and oxygen atoms in total. The van der Waals surface area contributed by atoms with Gasteiger partial charge in [0.05, 0.1) is 11.7 Å². The first kappa shape index (κ1) is 19.3. The number of carbonyl (C=O) groups is 1. The summed E-state index contributed by atoms with van der Waals surface area (Å²) in [7, 11) is 0. The largest absolute Gasteiger partial charge is 0.490 e. The average molecular weight is 367 g/mol. The van der Waals surface area contributed by atoms with Crippen LogP contribution in [0.3, 0.4) is 0 Å². The van der Waals surface area contributed by atoms with Crippen molar-refractivity contribution in [2.75, 3.05) is 11.9 Å². The standard InChI is InChI=1S/C23H30N2O2/c1-5-7-16-25-22(26)18-12-8-10-14-20(18)24-23(25,4)19-13-9-11-15-21(19)27-17(3)6-2/h8-15,17,24H,5-7,16H2,1-4H3. The molecule has 2 atom stereocenters. The van der Waals surface area contributed by atoms with E-state index in [1.807, 2.05) is 47.4 Å². The predicted octanol–water partition coefficient (Wildman–Crippen LogP) is 5.40. The molecule has 4 heteroatoms. The number of anilines is 1. The molecule has 144 valence electrons. The molecule has 0 aromatic heterocycles. The van der Waals surface area contributed by atoms with Crippen molar-refractivity contribution in [2.24, 2.45) is 0 Å². The van der Waals surface area contributed by atoms with E-state index in [2.05, 4.69) is 39.1 Å². The molecule has 1 heterocycles. The van der Waals surface area contributed by atoms with Crippen LogP contribution >= 0.6 is 0 Å². The van der Waals surface area contributed by atoms with Gasteiger partial charge < -0.3 is 15.0 Å². The molecular formula is C23H30N2O2. The van der Waals surface area contributed by atoms with Gasteiger partial charge >= 0.3 is 0 Å². The highest BCUT2D eigenvalue weighted by molar-refractivity contribution is 6.02. The van der Waals surface area contributed by atoms with Crippen LogP contribution in [0, 0.1) is 0 Å². The number of nitrogens with zero attached hydrogens (tertiary/aromatic N) is 1. The van der Waals surface area contributed by atoms with Crippen molar-refractivity contribution in [1.29, 1.82) is 0 Å². The molecule has 2 unspecified atom stereocenters. The lowest BCUT2D eigenvalue weighted by Gasteiger charge is -2.47. The third-order valence-electron chi connectivity index (χ3n) is 5.37. The highest BCUT2D eigenvalue weighted by Crippen LogP contribution is 2.41. The third-order valence-corrected chi connectivity index (χ3v) is 5.37. The van der Waals surface area contributed by atoms with Gasteiger partial charge in [0.1, 0.15) is 11.4 Å². The first-order valence-electron chi connectivity index (χ1n) is 9.96. The van der Waals surface area contributed by atoms with Crippen LogP contribution in [0.25, 0.3) is 0 Å². The molecule has 2 aromatic rings. The Morgan fingerprint density at radius 3 is 2.56 bits per heavy atom. The minimum absolute atomic E-state index is 0.0682. The predicted molar refractivity (Wildman–Crippen MR) is 110 cm³/mol. The molecule has 0 aliphatic carbocycles. The quantitative estimate of drug-likeness (QED) is 0.713. The zero-order valence-electron chi connectivity index (χ0n) is 16.8. The van der Waals surface area contributed by atoms with Crippen LogP contribution in [0.15, 0.2) is 48.5 Å².